The van der Waals surface area contributed by atoms with Crippen LogP contribution in [0.25, 0.3) is 0 Å². The van der Waals surface area contributed by atoms with Crippen LogP contribution in [0.2, 0.25) is 5.02 Å². The van der Waals surface area contributed by atoms with E-state index < -0.39 is 12.0 Å². The van der Waals surface area contributed by atoms with Crippen molar-refractivity contribution in [2.75, 3.05) is 14.2 Å². The quantitative estimate of drug-likeness (QED) is 0.785. The monoisotopic (exact) mass is 375 g/mol. The summed E-state index contributed by atoms with van der Waals surface area (Å²) in [6.07, 6.45) is 0.257. The summed E-state index contributed by atoms with van der Waals surface area (Å²) in [7, 11) is 2.82. The lowest BCUT2D eigenvalue weighted by Gasteiger charge is -2.17. The SMILES string of the molecule is COC(=O)[C@H](Cc1ccc(OC)c(Cl)c1)NC(=O)c1cc(C)cc(C)c1. The third-order valence-electron chi connectivity index (χ3n) is 3.93. The van der Waals surface area contributed by atoms with Gasteiger partial charge < -0.3 is 14.8 Å². The van der Waals surface area contributed by atoms with Gasteiger partial charge in [0.2, 0.25) is 0 Å². The van der Waals surface area contributed by atoms with Crippen LogP contribution in [0.4, 0.5) is 0 Å². The van der Waals surface area contributed by atoms with Crippen molar-refractivity contribution in [2.24, 2.45) is 0 Å². The molecule has 0 heterocycles. The zero-order chi connectivity index (χ0) is 19.3. The van der Waals surface area contributed by atoms with Crippen molar-refractivity contribution >= 4 is 23.5 Å². The Morgan fingerprint density at radius 3 is 2.27 bits per heavy atom. The van der Waals surface area contributed by atoms with E-state index in [1.54, 1.807) is 30.3 Å². The second-order valence-electron chi connectivity index (χ2n) is 6.10. The molecule has 2 aromatic carbocycles. The molecule has 6 heteroatoms. The van der Waals surface area contributed by atoms with Gasteiger partial charge in [0, 0.05) is 12.0 Å². The maximum absolute atomic E-state index is 12.6. The number of nitrogens with one attached hydrogen (secondary N) is 1. The first-order chi connectivity index (χ1) is 12.3. The summed E-state index contributed by atoms with van der Waals surface area (Å²) < 4.78 is 9.96. The summed E-state index contributed by atoms with van der Waals surface area (Å²) >= 11 is 6.13. The molecule has 5 nitrogen and oxygen atoms in total. The Hall–Kier alpha value is -2.53. The first-order valence-corrected chi connectivity index (χ1v) is 8.51. The lowest BCUT2D eigenvalue weighted by Crippen LogP contribution is -2.43. The van der Waals surface area contributed by atoms with Gasteiger partial charge in [-0.2, -0.15) is 0 Å². The van der Waals surface area contributed by atoms with Crippen molar-refractivity contribution in [3.05, 3.63) is 63.7 Å². The van der Waals surface area contributed by atoms with Crippen molar-refractivity contribution < 1.29 is 19.1 Å². The number of halogens is 1. The number of rotatable bonds is 6. The number of carbonyl (C=O) groups is 2. The van der Waals surface area contributed by atoms with E-state index >= 15 is 0 Å². The maximum atomic E-state index is 12.6. The van der Waals surface area contributed by atoms with Crippen molar-refractivity contribution in [3.8, 4) is 5.75 Å². The van der Waals surface area contributed by atoms with Crippen molar-refractivity contribution in [1.29, 1.82) is 0 Å². The number of esters is 1. The van der Waals surface area contributed by atoms with Gasteiger partial charge >= 0.3 is 5.97 Å². The molecule has 0 unspecified atom stereocenters. The third-order valence-corrected chi connectivity index (χ3v) is 4.23. The fourth-order valence-electron chi connectivity index (χ4n) is 2.76. The molecule has 0 aliphatic carbocycles. The predicted octanol–water partition coefficient (Wildman–Crippen LogP) is 3.48. The number of benzene rings is 2. The standard InChI is InChI=1S/C20H22ClNO4/c1-12-7-13(2)9-15(8-12)19(23)22-17(20(24)26-4)11-14-5-6-18(25-3)16(21)10-14/h5-10,17H,11H2,1-4H3,(H,22,23)/t17-/m0/s1. The van der Waals surface area contributed by atoms with E-state index in [4.69, 9.17) is 21.1 Å². The minimum atomic E-state index is -0.822. The summed E-state index contributed by atoms with van der Waals surface area (Å²) in [6, 6.07) is 9.94. The molecule has 0 fully saturated rings. The molecule has 138 valence electrons. The fraction of sp³-hybridized carbons (Fsp3) is 0.300. The normalized spacial score (nSPS) is 11.6. The van der Waals surface area contributed by atoms with Crippen molar-refractivity contribution in [3.63, 3.8) is 0 Å². The van der Waals surface area contributed by atoms with E-state index in [9.17, 15) is 9.59 Å². The van der Waals surface area contributed by atoms with E-state index in [0.717, 1.165) is 16.7 Å². The molecule has 2 rings (SSSR count). The van der Waals surface area contributed by atoms with Crippen LogP contribution in [-0.4, -0.2) is 32.1 Å². The molecule has 2 aromatic rings. The van der Waals surface area contributed by atoms with Crippen LogP contribution in [0.15, 0.2) is 36.4 Å². The van der Waals surface area contributed by atoms with Gasteiger partial charge in [0.1, 0.15) is 11.8 Å². The Bertz CT molecular complexity index is 799. The number of carbonyl (C=O) groups excluding carboxylic acids is 2. The molecule has 0 radical (unpaired) electrons. The van der Waals surface area contributed by atoms with Gasteiger partial charge in [-0.05, 0) is 43.7 Å². The van der Waals surface area contributed by atoms with Gasteiger partial charge in [-0.25, -0.2) is 4.79 Å². The largest absolute Gasteiger partial charge is 0.495 e. The van der Waals surface area contributed by atoms with Crippen LogP contribution in [-0.2, 0) is 16.0 Å². The number of ether oxygens (including phenoxy) is 2. The molecule has 1 N–H and O–H groups in total. The third kappa shape index (κ3) is 4.99. The zero-order valence-corrected chi connectivity index (χ0v) is 16.0. The van der Waals surface area contributed by atoms with Crippen molar-refractivity contribution in [1.82, 2.24) is 5.32 Å². The van der Waals surface area contributed by atoms with E-state index in [2.05, 4.69) is 5.32 Å². The molecular weight excluding hydrogens is 354 g/mol. The zero-order valence-electron chi connectivity index (χ0n) is 15.3. The summed E-state index contributed by atoms with van der Waals surface area (Å²) in [5, 5.41) is 3.19. The molecule has 0 spiro atoms. The highest BCUT2D eigenvalue weighted by Crippen LogP contribution is 2.25. The molecule has 1 amide bonds. The first-order valence-electron chi connectivity index (χ1n) is 8.13. The van der Waals surface area contributed by atoms with Gasteiger partial charge in [-0.1, -0.05) is 34.9 Å². The van der Waals surface area contributed by atoms with Crippen LogP contribution in [0.5, 0.6) is 5.75 Å². The highest BCUT2D eigenvalue weighted by molar-refractivity contribution is 6.32. The Kier molecular flexibility index (Phi) is 6.64. The van der Waals surface area contributed by atoms with Gasteiger partial charge in [0.25, 0.3) is 5.91 Å². The van der Waals surface area contributed by atoms with Gasteiger partial charge in [0.15, 0.2) is 0 Å². The minimum absolute atomic E-state index is 0.257. The second kappa shape index (κ2) is 8.72. The van der Waals surface area contributed by atoms with E-state index in [0.29, 0.717) is 16.3 Å². The molecule has 0 aliphatic rings. The smallest absolute Gasteiger partial charge is 0.328 e. The van der Waals surface area contributed by atoms with Crippen LogP contribution in [0.3, 0.4) is 0 Å². The van der Waals surface area contributed by atoms with Crippen LogP contribution in [0, 0.1) is 13.8 Å². The van der Waals surface area contributed by atoms with E-state index in [-0.39, 0.29) is 12.3 Å². The number of aryl methyl sites for hydroxylation is 2. The number of methoxy groups -OCH3 is 2. The van der Waals surface area contributed by atoms with Crippen LogP contribution >= 0.6 is 11.6 Å². The maximum Gasteiger partial charge on any atom is 0.328 e. The topological polar surface area (TPSA) is 64.6 Å². The number of hydrogen-bond acceptors (Lipinski definition) is 4. The predicted molar refractivity (Wildman–Crippen MR) is 101 cm³/mol. The minimum Gasteiger partial charge on any atom is -0.495 e. The Morgan fingerprint density at radius 1 is 1.08 bits per heavy atom. The van der Waals surface area contributed by atoms with Crippen LogP contribution < -0.4 is 10.1 Å². The van der Waals surface area contributed by atoms with Crippen molar-refractivity contribution in [2.45, 2.75) is 26.3 Å². The summed E-state index contributed by atoms with van der Waals surface area (Å²) in [6.45, 7) is 3.84. The summed E-state index contributed by atoms with van der Waals surface area (Å²) in [4.78, 5) is 24.7. The molecule has 0 aliphatic heterocycles. The lowest BCUT2D eigenvalue weighted by molar-refractivity contribution is -0.142. The molecule has 1 atom stereocenters. The molecule has 0 bridgehead atoms. The fourth-order valence-corrected chi connectivity index (χ4v) is 3.04. The molecule has 0 aromatic heterocycles. The molecule has 0 saturated heterocycles. The molecule has 26 heavy (non-hydrogen) atoms. The van der Waals surface area contributed by atoms with E-state index in [1.807, 2.05) is 19.9 Å². The first kappa shape index (κ1) is 19.8. The average molecular weight is 376 g/mol. The number of amides is 1. The average Bonchev–Trinajstić information content (AvgIpc) is 2.59. The molecule has 0 saturated carbocycles. The highest BCUT2D eigenvalue weighted by Gasteiger charge is 2.23. The summed E-state index contributed by atoms with van der Waals surface area (Å²) in [5.74, 6) is -0.300. The van der Waals surface area contributed by atoms with Gasteiger partial charge in [-0.15, -0.1) is 0 Å². The van der Waals surface area contributed by atoms with Gasteiger partial charge in [-0.3, -0.25) is 4.79 Å². The Morgan fingerprint density at radius 2 is 1.73 bits per heavy atom. The van der Waals surface area contributed by atoms with E-state index in [1.165, 1.54) is 14.2 Å². The molecular formula is C20H22ClNO4. The highest BCUT2D eigenvalue weighted by atomic mass is 35.5. The second-order valence-corrected chi connectivity index (χ2v) is 6.51. The van der Waals surface area contributed by atoms with Crippen LogP contribution in [0.1, 0.15) is 27.0 Å². The lowest BCUT2D eigenvalue weighted by atomic mass is 10.0. The summed E-state index contributed by atoms with van der Waals surface area (Å²) in [5.41, 5.74) is 3.24. The Labute approximate surface area is 158 Å². The van der Waals surface area contributed by atoms with Gasteiger partial charge in [0.05, 0.1) is 19.2 Å². The number of hydrogen-bond donors (Lipinski definition) is 1. The Balaban J connectivity index is 2.20.